The second kappa shape index (κ2) is 6.31. The molecule has 1 heterocycles. The van der Waals surface area contributed by atoms with E-state index in [1.807, 2.05) is 43.0 Å². The second-order valence-corrected chi connectivity index (χ2v) is 5.87. The highest BCUT2D eigenvalue weighted by Gasteiger charge is 2.22. The summed E-state index contributed by atoms with van der Waals surface area (Å²) in [6.07, 6.45) is 1.91. The lowest BCUT2D eigenvalue weighted by Crippen LogP contribution is -2.30. The van der Waals surface area contributed by atoms with Crippen LogP contribution in [0, 0.1) is 12.8 Å². The number of hydrogen-bond donors (Lipinski definition) is 1. The monoisotopic (exact) mass is 252 g/mol. The minimum absolute atomic E-state index is 0.323. The molecule has 1 aromatic carbocycles. The summed E-state index contributed by atoms with van der Waals surface area (Å²) < 4.78 is 5.65. The minimum Gasteiger partial charge on any atom is -0.491 e. The first-order valence-corrected chi connectivity index (χ1v) is 7.36. The first-order chi connectivity index (χ1) is 8.25. The first-order valence-electron chi connectivity index (χ1n) is 6.21. The van der Waals surface area contributed by atoms with Crippen molar-refractivity contribution in [2.24, 2.45) is 5.92 Å². The van der Waals surface area contributed by atoms with Gasteiger partial charge in [0.1, 0.15) is 12.4 Å². The molecule has 0 bridgehead atoms. The number of ether oxygens (including phenoxy) is 1. The van der Waals surface area contributed by atoms with Gasteiger partial charge in [-0.2, -0.15) is 11.8 Å². The van der Waals surface area contributed by atoms with Gasteiger partial charge in [0.2, 0.25) is 0 Å². The minimum atomic E-state index is -0.323. The molecule has 2 rings (SSSR count). The fourth-order valence-electron chi connectivity index (χ4n) is 2.12. The number of benzene rings is 1. The predicted octanol–water partition coefficient (Wildman–Crippen LogP) is 2.88. The highest BCUT2D eigenvalue weighted by molar-refractivity contribution is 7.99. The van der Waals surface area contributed by atoms with Gasteiger partial charge in [-0.3, -0.25) is 0 Å². The van der Waals surface area contributed by atoms with Gasteiger partial charge in [0.25, 0.3) is 0 Å². The number of rotatable bonds is 4. The molecule has 1 fully saturated rings. The summed E-state index contributed by atoms with van der Waals surface area (Å²) >= 11 is 1.98. The lowest BCUT2D eigenvalue weighted by Gasteiger charge is -2.26. The van der Waals surface area contributed by atoms with Crippen LogP contribution in [0.3, 0.4) is 0 Å². The maximum Gasteiger partial charge on any atom is 0.119 e. The van der Waals surface area contributed by atoms with Crippen LogP contribution in [0.1, 0.15) is 18.4 Å². The molecule has 2 nitrogen and oxygen atoms in total. The van der Waals surface area contributed by atoms with E-state index in [-0.39, 0.29) is 6.10 Å². The van der Waals surface area contributed by atoms with E-state index in [1.54, 1.807) is 0 Å². The molecular weight excluding hydrogens is 232 g/mol. The van der Waals surface area contributed by atoms with Crippen molar-refractivity contribution in [1.29, 1.82) is 0 Å². The molecule has 1 N–H and O–H groups in total. The van der Waals surface area contributed by atoms with Crippen molar-refractivity contribution in [2.75, 3.05) is 18.1 Å². The van der Waals surface area contributed by atoms with Gasteiger partial charge < -0.3 is 9.84 Å². The highest BCUT2D eigenvalue weighted by Crippen LogP contribution is 2.26. The number of hydrogen-bond acceptors (Lipinski definition) is 3. The zero-order valence-corrected chi connectivity index (χ0v) is 11.1. The van der Waals surface area contributed by atoms with Crippen molar-refractivity contribution in [3.63, 3.8) is 0 Å². The first kappa shape index (κ1) is 12.8. The summed E-state index contributed by atoms with van der Waals surface area (Å²) in [5.41, 5.74) is 1.19. The maximum atomic E-state index is 10.1. The average molecular weight is 252 g/mol. The van der Waals surface area contributed by atoms with E-state index in [0.29, 0.717) is 12.5 Å². The van der Waals surface area contributed by atoms with E-state index in [9.17, 15) is 5.11 Å². The van der Waals surface area contributed by atoms with Crippen LogP contribution in [0.25, 0.3) is 0 Å². The molecule has 0 amide bonds. The van der Waals surface area contributed by atoms with Crippen LogP contribution in [0.5, 0.6) is 5.75 Å². The molecule has 1 saturated heterocycles. The highest BCUT2D eigenvalue weighted by atomic mass is 32.2. The third-order valence-electron chi connectivity index (χ3n) is 3.22. The third-order valence-corrected chi connectivity index (χ3v) is 4.27. The zero-order chi connectivity index (χ0) is 12.1. The molecule has 0 spiro atoms. The summed E-state index contributed by atoms with van der Waals surface area (Å²) in [4.78, 5) is 0. The van der Waals surface area contributed by atoms with E-state index < -0.39 is 0 Å². The van der Waals surface area contributed by atoms with Gasteiger partial charge >= 0.3 is 0 Å². The Kier molecular flexibility index (Phi) is 4.75. The molecule has 0 saturated carbocycles. The molecule has 94 valence electrons. The standard InChI is InChI=1S/C14H20O2S/c1-11-3-2-4-13(9-11)16-10-14(15)12-5-7-17-8-6-12/h2-4,9,12,14-15H,5-8,10H2,1H3. The topological polar surface area (TPSA) is 29.5 Å². The maximum absolute atomic E-state index is 10.1. The summed E-state index contributed by atoms with van der Waals surface area (Å²) in [6, 6.07) is 7.97. The van der Waals surface area contributed by atoms with Gasteiger partial charge in [-0.15, -0.1) is 0 Å². The Bertz CT molecular complexity index is 348. The lowest BCUT2D eigenvalue weighted by atomic mass is 9.96. The number of aliphatic hydroxyl groups excluding tert-OH is 1. The third kappa shape index (κ3) is 3.93. The summed E-state index contributed by atoms with van der Waals surface area (Å²) in [5.74, 6) is 3.62. The molecule has 1 aromatic rings. The van der Waals surface area contributed by atoms with Crippen molar-refractivity contribution in [3.8, 4) is 5.75 Å². The van der Waals surface area contributed by atoms with Crippen molar-refractivity contribution in [2.45, 2.75) is 25.9 Å². The van der Waals surface area contributed by atoms with Crippen LogP contribution in [0.15, 0.2) is 24.3 Å². The van der Waals surface area contributed by atoms with Crippen LogP contribution in [0.2, 0.25) is 0 Å². The molecule has 3 heteroatoms. The summed E-state index contributed by atoms with van der Waals surface area (Å²) in [7, 11) is 0. The quantitative estimate of drug-likeness (QED) is 0.893. The van der Waals surface area contributed by atoms with Crippen molar-refractivity contribution >= 4 is 11.8 Å². The van der Waals surface area contributed by atoms with Gasteiger partial charge in [0, 0.05) is 0 Å². The van der Waals surface area contributed by atoms with Crippen LogP contribution < -0.4 is 4.74 Å². The molecule has 1 atom stereocenters. The number of aryl methyl sites for hydroxylation is 1. The van der Waals surface area contributed by atoms with Gasteiger partial charge in [-0.05, 0) is 54.9 Å². The normalized spacial score (nSPS) is 18.9. The summed E-state index contributed by atoms with van der Waals surface area (Å²) in [6.45, 7) is 2.46. The summed E-state index contributed by atoms with van der Waals surface area (Å²) in [5, 5.41) is 10.1. The van der Waals surface area contributed by atoms with Gasteiger partial charge in [-0.1, -0.05) is 12.1 Å². The van der Waals surface area contributed by atoms with E-state index in [4.69, 9.17) is 4.74 Å². The van der Waals surface area contributed by atoms with Crippen molar-refractivity contribution in [1.82, 2.24) is 0 Å². The molecule has 1 aliphatic rings. The lowest BCUT2D eigenvalue weighted by molar-refractivity contribution is 0.0534. The Morgan fingerprint density at radius 3 is 2.88 bits per heavy atom. The Labute approximate surface area is 107 Å². The van der Waals surface area contributed by atoms with E-state index >= 15 is 0 Å². The molecule has 17 heavy (non-hydrogen) atoms. The fraction of sp³-hybridized carbons (Fsp3) is 0.571. The molecule has 0 radical (unpaired) electrons. The molecular formula is C14H20O2S. The van der Waals surface area contributed by atoms with Crippen LogP contribution in [0.4, 0.5) is 0 Å². The Morgan fingerprint density at radius 2 is 2.18 bits per heavy atom. The molecule has 1 aliphatic heterocycles. The Morgan fingerprint density at radius 1 is 1.41 bits per heavy atom. The van der Waals surface area contributed by atoms with E-state index in [2.05, 4.69) is 0 Å². The van der Waals surface area contributed by atoms with Crippen molar-refractivity contribution in [3.05, 3.63) is 29.8 Å². The fourth-order valence-corrected chi connectivity index (χ4v) is 3.27. The Balaban J connectivity index is 1.80. The van der Waals surface area contributed by atoms with Gasteiger partial charge in [0.15, 0.2) is 0 Å². The van der Waals surface area contributed by atoms with Gasteiger partial charge in [-0.25, -0.2) is 0 Å². The number of aliphatic hydroxyl groups is 1. The predicted molar refractivity (Wildman–Crippen MR) is 72.7 cm³/mol. The largest absolute Gasteiger partial charge is 0.491 e. The van der Waals surface area contributed by atoms with E-state index in [0.717, 1.165) is 18.6 Å². The molecule has 0 aromatic heterocycles. The van der Waals surface area contributed by atoms with Crippen LogP contribution in [-0.4, -0.2) is 29.3 Å². The molecule has 1 unspecified atom stereocenters. The average Bonchev–Trinajstić information content (AvgIpc) is 2.37. The zero-order valence-electron chi connectivity index (χ0n) is 10.3. The smallest absolute Gasteiger partial charge is 0.119 e. The van der Waals surface area contributed by atoms with Crippen molar-refractivity contribution < 1.29 is 9.84 Å². The van der Waals surface area contributed by atoms with Crippen LogP contribution >= 0.6 is 11.8 Å². The molecule has 0 aliphatic carbocycles. The van der Waals surface area contributed by atoms with Gasteiger partial charge in [0.05, 0.1) is 6.10 Å². The Hall–Kier alpha value is -0.670. The van der Waals surface area contributed by atoms with E-state index in [1.165, 1.54) is 17.1 Å². The number of thioether (sulfide) groups is 1. The second-order valence-electron chi connectivity index (χ2n) is 4.64. The van der Waals surface area contributed by atoms with Crippen LogP contribution in [-0.2, 0) is 0 Å². The SMILES string of the molecule is Cc1cccc(OCC(O)C2CCSCC2)c1.